The summed E-state index contributed by atoms with van der Waals surface area (Å²) in [4.78, 5) is 13.9. The summed E-state index contributed by atoms with van der Waals surface area (Å²) < 4.78 is 0. The van der Waals surface area contributed by atoms with Crippen molar-refractivity contribution in [1.82, 2.24) is 10.2 Å². The second kappa shape index (κ2) is 4.52. The van der Waals surface area contributed by atoms with Crippen LogP contribution in [0.2, 0.25) is 0 Å². The van der Waals surface area contributed by atoms with Crippen LogP contribution in [0.4, 0.5) is 0 Å². The smallest absolute Gasteiger partial charge is 0.222 e. The summed E-state index contributed by atoms with van der Waals surface area (Å²) >= 11 is 0. The van der Waals surface area contributed by atoms with Crippen molar-refractivity contribution in [2.24, 2.45) is 5.92 Å². The van der Waals surface area contributed by atoms with E-state index in [1.807, 2.05) is 0 Å². The van der Waals surface area contributed by atoms with Crippen LogP contribution in [0.3, 0.4) is 0 Å². The Bertz CT molecular complexity index is 234. The Morgan fingerprint density at radius 2 is 2.27 bits per heavy atom. The minimum Gasteiger partial charge on any atom is -0.338 e. The highest BCUT2D eigenvalue weighted by Crippen LogP contribution is 2.25. The summed E-state index contributed by atoms with van der Waals surface area (Å²) in [7, 11) is 0. The SMILES string of the molecule is CC(C)C1CCC(=O)N1C[C@@H]1CCCN1. The van der Waals surface area contributed by atoms with E-state index in [-0.39, 0.29) is 0 Å². The van der Waals surface area contributed by atoms with Crippen molar-refractivity contribution in [3.63, 3.8) is 0 Å². The topological polar surface area (TPSA) is 32.3 Å². The van der Waals surface area contributed by atoms with Gasteiger partial charge in [0.2, 0.25) is 5.91 Å². The molecule has 2 aliphatic rings. The number of rotatable bonds is 3. The number of hydrogen-bond acceptors (Lipinski definition) is 2. The first-order valence-electron chi connectivity index (χ1n) is 6.21. The Labute approximate surface area is 92.2 Å². The van der Waals surface area contributed by atoms with Crippen LogP contribution in [0.15, 0.2) is 0 Å². The minimum atomic E-state index is 0.363. The molecule has 0 radical (unpaired) electrons. The summed E-state index contributed by atoms with van der Waals surface area (Å²) in [6.45, 7) is 6.50. The van der Waals surface area contributed by atoms with E-state index in [0.717, 1.165) is 25.9 Å². The standard InChI is InChI=1S/C12H22N2O/c1-9(2)11-5-6-12(15)14(11)8-10-4-3-7-13-10/h9-11,13H,3-8H2,1-2H3/t10-,11?/m0/s1. The van der Waals surface area contributed by atoms with Gasteiger partial charge in [-0.3, -0.25) is 4.79 Å². The van der Waals surface area contributed by atoms with E-state index >= 15 is 0 Å². The monoisotopic (exact) mass is 210 g/mol. The van der Waals surface area contributed by atoms with Crippen LogP contribution < -0.4 is 5.32 Å². The minimum absolute atomic E-state index is 0.363. The summed E-state index contributed by atoms with van der Waals surface area (Å²) in [6.07, 6.45) is 4.31. The van der Waals surface area contributed by atoms with Crippen molar-refractivity contribution >= 4 is 5.91 Å². The summed E-state index contributed by atoms with van der Waals surface area (Å²) in [5, 5.41) is 3.47. The maximum absolute atomic E-state index is 11.8. The predicted molar refractivity (Wildman–Crippen MR) is 60.6 cm³/mol. The normalized spacial score (nSPS) is 31.9. The second-order valence-corrected chi connectivity index (χ2v) is 5.19. The van der Waals surface area contributed by atoms with Gasteiger partial charge in [-0.05, 0) is 31.7 Å². The van der Waals surface area contributed by atoms with Crippen LogP contribution in [-0.2, 0) is 4.79 Å². The van der Waals surface area contributed by atoms with Gasteiger partial charge in [-0.2, -0.15) is 0 Å². The lowest BCUT2D eigenvalue weighted by Crippen LogP contribution is -2.44. The van der Waals surface area contributed by atoms with Gasteiger partial charge in [0.15, 0.2) is 0 Å². The van der Waals surface area contributed by atoms with Crippen molar-refractivity contribution in [3.05, 3.63) is 0 Å². The fourth-order valence-corrected chi connectivity index (χ4v) is 2.84. The number of hydrogen-bond donors (Lipinski definition) is 1. The highest BCUT2D eigenvalue weighted by molar-refractivity contribution is 5.78. The maximum atomic E-state index is 11.8. The lowest BCUT2D eigenvalue weighted by molar-refractivity contribution is -0.129. The molecule has 1 N–H and O–H groups in total. The van der Waals surface area contributed by atoms with Gasteiger partial charge in [-0.25, -0.2) is 0 Å². The summed E-state index contributed by atoms with van der Waals surface area (Å²) in [5.41, 5.74) is 0. The van der Waals surface area contributed by atoms with Gasteiger partial charge in [0.25, 0.3) is 0 Å². The van der Waals surface area contributed by atoms with Crippen LogP contribution in [-0.4, -0.2) is 36.0 Å². The molecule has 2 fully saturated rings. The molecule has 0 spiro atoms. The van der Waals surface area contributed by atoms with Crippen molar-refractivity contribution in [1.29, 1.82) is 0 Å². The van der Waals surface area contributed by atoms with Gasteiger partial charge in [0, 0.05) is 25.0 Å². The van der Waals surface area contributed by atoms with Gasteiger partial charge >= 0.3 is 0 Å². The van der Waals surface area contributed by atoms with E-state index in [2.05, 4.69) is 24.1 Å². The van der Waals surface area contributed by atoms with E-state index in [4.69, 9.17) is 0 Å². The van der Waals surface area contributed by atoms with Crippen LogP contribution in [0.25, 0.3) is 0 Å². The summed E-state index contributed by atoms with van der Waals surface area (Å²) in [6, 6.07) is 1.04. The lowest BCUT2D eigenvalue weighted by atomic mass is 10.0. The molecule has 1 unspecified atom stereocenters. The molecular formula is C12H22N2O. The van der Waals surface area contributed by atoms with Gasteiger partial charge in [0.05, 0.1) is 0 Å². The Kier molecular flexibility index (Phi) is 3.29. The molecule has 1 amide bonds. The molecule has 0 aromatic heterocycles. The largest absolute Gasteiger partial charge is 0.338 e. The van der Waals surface area contributed by atoms with E-state index in [1.54, 1.807) is 0 Å². The highest BCUT2D eigenvalue weighted by atomic mass is 16.2. The van der Waals surface area contributed by atoms with Crippen molar-refractivity contribution in [2.45, 2.75) is 51.6 Å². The molecule has 2 saturated heterocycles. The first kappa shape index (κ1) is 10.9. The third-order valence-electron chi connectivity index (χ3n) is 3.72. The van der Waals surface area contributed by atoms with Crippen molar-refractivity contribution in [3.8, 4) is 0 Å². The van der Waals surface area contributed by atoms with Crippen LogP contribution in [0.5, 0.6) is 0 Å². The van der Waals surface area contributed by atoms with E-state index in [9.17, 15) is 4.79 Å². The number of carbonyl (C=O) groups excluding carboxylic acids is 1. The Hall–Kier alpha value is -0.570. The number of nitrogens with one attached hydrogen (secondary N) is 1. The average molecular weight is 210 g/mol. The molecule has 15 heavy (non-hydrogen) atoms. The fourth-order valence-electron chi connectivity index (χ4n) is 2.84. The molecule has 2 heterocycles. The number of amides is 1. The molecular weight excluding hydrogens is 188 g/mol. The summed E-state index contributed by atoms with van der Waals surface area (Å²) in [5.74, 6) is 0.959. The Morgan fingerprint density at radius 3 is 2.87 bits per heavy atom. The third kappa shape index (κ3) is 2.33. The number of likely N-dealkylation sites (tertiary alicyclic amines) is 1. The molecule has 0 aromatic carbocycles. The molecule has 0 aromatic rings. The fraction of sp³-hybridized carbons (Fsp3) is 0.917. The quantitative estimate of drug-likeness (QED) is 0.763. The Balaban J connectivity index is 1.94. The van der Waals surface area contributed by atoms with E-state index in [0.29, 0.717) is 23.9 Å². The van der Waals surface area contributed by atoms with Gasteiger partial charge in [-0.15, -0.1) is 0 Å². The third-order valence-corrected chi connectivity index (χ3v) is 3.72. The average Bonchev–Trinajstić information content (AvgIpc) is 2.78. The molecule has 0 aliphatic carbocycles. The second-order valence-electron chi connectivity index (χ2n) is 5.19. The zero-order chi connectivity index (χ0) is 10.8. The first-order chi connectivity index (χ1) is 7.18. The number of nitrogens with zero attached hydrogens (tertiary/aromatic N) is 1. The highest BCUT2D eigenvalue weighted by Gasteiger charge is 2.34. The van der Waals surface area contributed by atoms with Gasteiger partial charge in [-0.1, -0.05) is 13.8 Å². The first-order valence-corrected chi connectivity index (χ1v) is 6.21. The van der Waals surface area contributed by atoms with E-state index in [1.165, 1.54) is 12.8 Å². The molecule has 2 rings (SSSR count). The zero-order valence-corrected chi connectivity index (χ0v) is 9.83. The maximum Gasteiger partial charge on any atom is 0.222 e. The molecule has 0 bridgehead atoms. The van der Waals surface area contributed by atoms with Gasteiger partial charge in [0.1, 0.15) is 0 Å². The zero-order valence-electron chi connectivity index (χ0n) is 9.83. The molecule has 2 aliphatic heterocycles. The predicted octanol–water partition coefficient (Wildman–Crippen LogP) is 1.39. The van der Waals surface area contributed by atoms with Crippen LogP contribution in [0, 0.1) is 5.92 Å². The molecule has 3 nitrogen and oxygen atoms in total. The van der Waals surface area contributed by atoms with Crippen LogP contribution in [0.1, 0.15) is 39.5 Å². The number of carbonyl (C=O) groups is 1. The molecule has 0 saturated carbocycles. The van der Waals surface area contributed by atoms with Gasteiger partial charge < -0.3 is 10.2 Å². The molecule has 3 heteroatoms. The lowest BCUT2D eigenvalue weighted by Gasteiger charge is -2.30. The van der Waals surface area contributed by atoms with Crippen LogP contribution >= 0.6 is 0 Å². The van der Waals surface area contributed by atoms with E-state index < -0.39 is 0 Å². The molecule has 86 valence electrons. The van der Waals surface area contributed by atoms with Crippen molar-refractivity contribution < 1.29 is 4.79 Å². The Morgan fingerprint density at radius 1 is 1.47 bits per heavy atom. The van der Waals surface area contributed by atoms with Crippen molar-refractivity contribution in [2.75, 3.05) is 13.1 Å². The molecule has 2 atom stereocenters.